The van der Waals surface area contributed by atoms with Crippen molar-refractivity contribution in [3.05, 3.63) is 71.1 Å². The van der Waals surface area contributed by atoms with Crippen molar-refractivity contribution in [3.63, 3.8) is 0 Å². The van der Waals surface area contributed by atoms with Gasteiger partial charge in [0.1, 0.15) is 17.3 Å². The third-order valence-corrected chi connectivity index (χ3v) is 7.21. The molecule has 6 nitrogen and oxygen atoms in total. The minimum absolute atomic E-state index is 0.0905. The van der Waals surface area contributed by atoms with Crippen molar-refractivity contribution in [1.82, 2.24) is 14.3 Å². The van der Waals surface area contributed by atoms with E-state index in [0.717, 1.165) is 18.5 Å². The van der Waals surface area contributed by atoms with E-state index in [1.165, 1.54) is 12.1 Å². The van der Waals surface area contributed by atoms with E-state index in [0.29, 0.717) is 40.9 Å². The number of carbonyl (C=O) groups excluding carboxylic acids is 1. The molecule has 0 unspecified atom stereocenters. The average molecular weight is 486 g/mol. The molecule has 34 heavy (non-hydrogen) atoms. The van der Waals surface area contributed by atoms with Crippen LogP contribution in [0.3, 0.4) is 0 Å². The lowest BCUT2D eigenvalue weighted by Gasteiger charge is -2.21. The molecule has 2 aromatic carbocycles. The van der Waals surface area contributed by atoms with E-state index in [-0.39, 0.29) is 11.4 Å². The van der Waals surface area contributed by atoms with Gasteiger partial charge in [0.25, 0.3) is 0 Å². The molecule has 0 aliphatic carbocycles. The molecule has 3 aromatic rings. The van der Waals surface area contributed by atoms with Crippen molar-refractivity contribution in [1.29, 1.82) is 0 Å². The second-order valence-corrected chi connectivity index (χ2v) is 11.0. The SMILES string of the molecule is CCCc1nc(CC)c(C=O)n1Cc1ccc(-c2ccccc2S(=O)(=O)NC(C)(C)C)cc1F. The van der Waals surface area contributed by atoms with E-state index in [1.54, 1.807) is 55.7 Å². The second kappa shape index (κ2) is 10.2. The summed E-state index contributed by atoms with van der Waals surface area (Å²) in [7, 11) is -3.81. The van der Waals surface area contributed by atoms with Gasteiger partial charge in [-0.05, 0) is 51.3 Å². The molecule has 1 heterocycles. The molecule has 0 saturated carbocycles. The van der Waals surface area contributed by atoms with Gasteiger partial charge in [-0.3, -0.25) is 4.79 Å². The van der Waals surface area contributed by atoms with Crippen LogP contribution >= 0.6 is 0 Å². The Balaban J connectivity index is 2.02. The molecule has 3 rings (SSSR count). The van der Waals surface area contributed by atoms with Gasteiger partial charge in [-0.1, -0.05) is 44.2 Å². The summed E-state index contributed by atoms with van der Waals surface area (Å²) < 4.78 is 45.7. The number of halogens is 1. The van der Waals surface area contributed by atoms with E-state index >= 15 is 4.39 Å². The molecule has 0 fully saturated rings. The molecule has 0 aliphatic heterocycles. The third-order valence-electron chi connectivity index (χ3n) is 5.39. The van der Waals surface area contributed by atoms with E-state index in [1.807, 2.05) is 13.8 Å². The highest BCUT2D eigenvalue weighted by Gasteiger charge is 2.25. The van der Waals surface area contributed by atoms with E-state index in [9.17, 15) is 13.2 Å². The summed E-state index contributed by atoms with van der Waals surface area (Å²) in [6.45, 7) is 9.44. The van der Waals surface area contributed by atoms with Crippen LogP contribution < -0.4 is 4.72 Å². The molecule has 0 amide bonds. The highest BCUT2D eigenvalue weighted by Crippen LogP contribution is 2.30. The van der Waals surface area contributed by atoms with Gasteiger partial charge in [0.05, 0.1) is 17.1 Å². The zero-order valence-electron chi connectivity index (χ0n) is 20.4. The summed E-state index contributed by atoms with van der Waals surface area (Å²) >= 11 is 0. The van der Waals surface area contributed by atoms with Gasteiger partial charge in [-0.25, -0.2) is 22.5 Å². The van der Waals surface area contributed by atoms with Gasteiger partial charge in [0, 0.05) is 23.1 Å². The molecule has 0 bridgehead atoms. The molecule has 0 radical (unpaired) electrons. The van der Waals surface area contributed by atoms with Gasteiger partial charge >= 0.3 is 0 Å². The van der Waals surface area contributed by atoms with E-state index in [2.05, 4.69) is 9.71 Å². The Morgan fingerprint density at radius 1 is 1.12 bits per heavy atom. The monoisotopic (exact) mass is 485 g/mol. The quantitative estimate of drug-likeness (QED) is 0.426. The molecular weight excluding hydrogens is 453 g/mol. The number of hydrogen-bond acceptors (Lipinski definition) is 4. The number of benzene rings is 2. The summed E-state index contributed by atoms with van der Waals surface area (Å²) in [5.41, 5.74) is 1.80. The van der Waals surface area contributed by atoms with Crippen LogP contribution in [0.15, 0.2) is 47.4 Å². The molecule has 0 saturated heterocycles. The maximum atomic E-state index is 15.3. The molecule has 0 spiro atoms. The highest BCUT2D eigenvalue weighted by molar-refractivity contribution is 7.89. The van der Waals surface area contributed by atoms with Crippen molar-refractivity contribution in [2.45, 2.75) is 70.9 Å². The van der Waals surface area contributed by atoms with E-state index in [4.69, 9.17) is 0 Å². The maximum Gasteiger partial charge on any atom is 0.241 e. The molecular formula is C26H32FN3O3S. The van der Waals surface area contributed by atoms with Gasteiger partial charge in [-0.2, -0.15) is 0 Å². The van der Waals surface area contributed by atoms with Crippen LogP contribution in [-0.2, 0) is 29.4 Å². The Kier molecular flexibility index (Phi) is 7.73. The van der Waals surface area contributed by atoms with Crippen molar-refractivity contribution in [2.75, 3.05) is 0 Å². The van der Waals surface area contributed by atoms with Crippen LogP contribution in [-0.4, -0.2) is 29.8 Å². The van der Waals surface area contributed by atoms with Crippen molar-refractivity contribution < 1.29 is 17.6 Å². The first kappa shape index (κ1) is 25.8. The zero-order valence-corrected chi connectivity index (χ0v) is 21.2. The molecule has 0 atom stereocenters. The van der Waals surface area contributed by atoms with Crippen LogP contribution in [0.1, 0.15) is 68.6 Å². The fraction of sp³-hybridized carbons (Fsp3) is 0.385. The first-order valence-electron chi connectivity index (χ1n) is 11.5. The lowest BCUT2D eigenvalue weighted by molar-refractivity contribution is 0.111. The van der Waals surface area contributed by atoms with Crippen molar-refractivity contribution in [3.8, 4) is 11.1 Å². The Morgan fingerprint density at radius 2 is 1.82 bits per heavy atom. The average Bonchev–Trinajstić information content (AvgIpc) is 3.10. The number of sulfonamides is 1. The van der Waals surface area contributed by atoms with Gasteiger partial charge in [0.2, 0.25) is 10.0 Å². The third kappa shape index (κ3) is 5.62. The van der Waals surface area contributed by atoms with Crippen molar-refractivity contribution in [2.24, 2.45) is 0 Å². The number of rotatable bonds is 9. The van der Waals surface area contributed by atoms with Gasteiger partial charge < -0.3 is 4.57 Å². The summed E-state index contributed by atoms with van der Waals surface area (Å²) in [5, 5.41) is 0. The number of aromatic nitrogens is 2. The summed E-state index contributed by atoms with van der Waals surface area (Å²) in [6, 6.07) is 11.2. The number of hydrogen-bond donors (Lipinski definition) is 1. The van der Waals surface area contributed by atoms with Crippen LogP contribution in [0.25, 0.3) is 11.1 Å². The molecule has 0 aliphatic rings. The number of aldehydes is 1. The standard InChI is InChI=1S/C26H32FN3O3S/c1-6-10-25-28-22(7-2)23(17-31)30(25)16-19-14-13-18(15-21(19)27)20-11-8-9-12-24(20)34(32,33)29-26(3,4)5/h8-9,11-15,17,29H,6-7,10,16H2,1-5H3. The smallest absolute Gasteiger partial charge is 0.241 e. The van der Waals surface area contributed by atoms with Crippen LogP contribution in [0.5, 0.6) is 0 Å². The van der Waals surface area contributed by atoms with Crippen LogP contribution in [0.4, 0.5) is 4.39 Å². The predicted molar refractivity (Wildman–Crippen MR) is 132 cm³/mol. The largest absolute Gasteiger partial charge is 0.321 e. The Morgan fingerprint density at radius 3 is 2.41 bits per heavy atom. The number of aryl methyl sites for hydroxylation is 2. The lowest BCUT2D eigenvalue weighted by atomic mass is 10.0. The number of nitrogens with zero attached hydrogens (tertiary/aromatic N) is 2. The van der Waals surface area contributed by atoms with Gasteiger partial charge in [0.15, 0.2) is 6.29 Å². The Bertz CT molecular complexity index is 1290. The summed E-state index contributed by atoms with van der Waals surface area (Å²) in [4.78, 5) is 16.4. The topological polar surface area (TPSA) is 81.1 Å². The number of imidazole rings is 1. The zero-order chi connectivity index (χ0) is 25.1. The first-order chi connectivity index (χ1) is 16.0. The lowest BCUT2D eigenvalue weighted by Crippen LogP contribution is -2.40. The second-order valence-electron chi connectivity index (χ2n) is 9.33. The van der Waals surface area contributed by atoms with Gasteiger partial charge in [-0.15, -0.1) is 0 Å². The van der Waals surface area contributed by atoms with Crippen LogP contribution in [0, 0.1) is 5.82 Å². The van der Waals surface area contributed by atoms with Crippen molar-refractivity contribution >= 4 is 16.3 Å². The molecule has 1 aromatic heterocycles. The molecule has 182 valence electrons. The number of nitrogens with one attached hydrogen (secondary N) is 1. The Hall–Kier alpha value is -2.84. The normalized spacial score (nSPS) is 12.2. The fourth-order valence-corrected chi connectivity index (χ4v) is 5.61. The maximum absolute atomic E-state index is 15.3. The van der Waals surface area contributed by atoms with E-state index < -0.39 is 21.4 Å². The first-order valence-corrected chi connectivity index (χ1v) is 12.9. The Labute approximate surface area is 201 Å². The minimum atomic E-state index is -3.81. The summed E-state index contributed by atoms with van der Waals surface area (Å²) in [6.07, 6.45) is 2.94. The highest BCUT2D eigenvalue weighted by atomic mass is 32.2. The minimum Gasteiger partial charge on any atom is -0.321 e. The summed E-state index contributed by atoms with van der Waals surface area (Å²) in [5.74, 6) is 0.286. The molecule has 1 N–H and O–H groups in total. The fourth-order valence-electron chi connectivity index (χ4n) is 3.96. The molecule has 8 heteroatoms. The van der Waals surface area contributed by atoms with Crippen LogP contribution in [0.2, 0.25) is 0 Å². The number of carbonyl (C=O) groups is 1. The predicted octanol–water partition coefficient (Wildman–Crippen LogP) is 5.14.